The molecule has 0 radical (unpaired) electrons. The average Bonchev–Trinajstić information content (AvgIpc) is 2.51. The molecule has 0 amide bonds. The minimum absolute atomic E-state index is 0.133. The average molecular weight is 289 g/mol. The van der Waals surface area contributed by atoms with Crippen LogP contribution in [0.3, 0.4) is 0 Å². The van der Waals surface area contributed by atoms with Crippen LogP contribution in [0.2, 0.25) is 0 Å². The summed E-state index contributed by atoms with van der Waals surface area (Å²) >= 11 is 0. The molecule has 0 saturated heterocycles. The Kier molecular flexibility index (Phi) is 5.88. The summed E-state index contributed by atoms with van der Waals surface area (Å²) in [5.41, 5.74) is 1.58. The van der Waals surface area contributed by atoms with Gasteiger partial charge in [0.25, 0.3) is 0 Å². The predicted octanol–water partition coefficient (Wildman–Crippen LogP) is 4.29. The maximum atomic E-state index is 13.8. The Labute approximate surface area is 125 Å². The summed E-state index contributed by atoms with van der Waals surface area (Å²) in [5.74, 6) is -0.596. The van der Waals surface area contributed by atoms with Gasteiger partial charge in [-0.05, 0) is 48.7 Å². The van der Waals surface area contributed by atoms with Gasteiger partial charge in [0, 0.05) is 12.5 Å². The van der Waals surface area contributed by atoms with Gasteiger partial charge in [-0.15, -0.1) is 0 Å². The molecular weight excluding hydrogens is 268 g/mol. The van der Waals surface area contributed by atoms with Crippen LogP contribution in [0.25, 0.3) is 0 Å². The van der Waals surface area contributed by atoms with Crippen LogP contribution in [-0.4, -0.2) is 13.1 Å². The standard InChI is InChI=1S/C18H21F2N/c1-2-10-21-13-16(14-6-4-3-5-7-14)11-15-12-17(19)8-9-18(15)20/h3-9,12,16,21H,2,10-11,13H2,1H3. The molecule has 0 heterocycles. The zero-order valence-electron chi connectivity index (χ0n) is 12.3. The van der Waals surface area contributed by atoms with E-state index in [4.69, 9.17) is 0 Å². The topological polar surface area (TPSA) is 12.0 Å². The molecule has 2 rings (SSSR count). The molecule has 0 saturated carbocycles. The molecule has 0 aromatic heterocycles. The van der Waals surface area contributed by atoms with E-state index in [9.17, 15) is 8.78 Å². The minimum Gasteiger partial charge on any atom is -0.316 e. The van der Waals surface area contributed by atoms with Crippen molar-refractivity contribution in [2.45, 2.75) is 25.7 Å². The number of nitrogens with one attached hydrogen (secondary N) is 1. The fourth-order valence-corrected chi connectivity index (χ4v) is 2.45. The molecular formula is C18H21F2N. The molecule has 21 heavy (non-hydrogen) atoms. The second kappa shape index (κ2) is 7.89. The van der Waals surface area contributed by atoms with Crippen LogP contribution in [0.5, 0.6) is 0 Å². The highest BCUT2D eigenvalue weighted by molar-refractivity contribution is 5.26. The zero-order valence-corrected chi connectivity index (χ0v) is 12.3. The van der Waals surface area contributed by atoms with Crippen LogP contribution in [0.4, 0.5) is 8.78 Å². The molecule has 1 N–H and O–H groups in total. The fraction of sp³-hybridized carbons (Fsp3) is 0.333. The number of hydrogen-bond acceptors (Lipinski definition) is 1. The van der Waals surface area contributed by atoms with Crippen LogP contribution >= 0.6 is 0 Å². The van der Waals surface area contributed by atoms with Gasteiger partial charge in [0.05, 0.1) is 0 Å². The highest BCUT2D eigenvalue weighted by Gasteiger charge is 2.15. The highest BCUT2D eigenvalue weighted by Crippen LogP contribution is 2.22. The minimum atomic E-state index is -0.389. The zero-order chi connectivity index (χ0) is 15.1. The Hall–Kier alpha value is -1.74. The normalized spacial score (nSPS) is 12.3. The Balaban J connectivity index is 2.17. The van der Waals surface area contributed by atoms with E-state index >= 15 is 0 Å². The molecule has 0 aliphatic heterocycles. The quantitative estimate of drug-likeness (QED) is 0.750. The number of halogens is 2. The van der Waals surface area contributed by atoms with Crippen molar-refractivity contribution < 1.29 is 8.78 Å². The second-order valence-electron chi connectivity index (χ2n) is 5.25. The van der Waals surface area contributed by atoms with Gasteiger partial charge in [0.2, 0.25) is 0 Å². The van der Waals surface area contributed by atoms with Gasteiger partial charge in [-0.2, -0.15) is 0 Å². The first kappa shape index (κ1) is 15.6. The van der Waals surface area contributed by atoms with Crippen molar-refractivity contribution in [1.82, 2.24) is 5.32 Å². The summed E-state index contributed by atoms with van der Waals surface area (Å²) in [6, 6.07) is 13.6. The second-order valence-corrected chi connectivity index (χ2v) is 5.25. The van der Waals surface area contributed by atoms with Crippen molar-refractivity contribution in [3.63, 3.8) is 0 Å². The van der Waals surface area contributed by atoms with E-state index in [0.29, 0.717) is 12.0 Å². The summed E-state index contributed by atoms with van der Waals surface area (Å²) < 4.78 is 27.2. The van der Waals surface area contributed by atoms with Gasteiger partial charge in [-0.25, -0.2) is 8.78 Å². The Morgan fingerprint density at radius 2 is 1.81 bits per heavy atom. The lowest BCUT2D eigenvalue weighted by atomic mass is 9.91. The molecule has 1 nitrogen and oxygen atoms in total. The van der Waals surface area contributed by atoms with Gasteiger partial charge in [0.15, 0.2) is 0 Å². The smallest absolute Gasteiger partial charge is 0.126 e. The van der Waals surface area contributed by atoms with Gasteiger partial charge >= 0.3 is 0 Å². The highest BCUT2D eigenvalue weighted by atomic mass is 19.1. The predicted molar refractivity (Wildman–Crippen MR) is 82.4 cm³/mol. The third kappa shape index (κ3) is 4.64. The number of rotatable bonds is 7. The van der Waals surface area contributed by atoms with Gasteiger partial charge < -0.3 is 5.32 Å². The lowest BCUT2D eigenvalue weighted by Crippen LogP contribution is -2.24. The molecule has 0 fully saturated rings. The summed E-state index contributed by atoms with van der Waals surface area (Å²) in [4.78, 5) is 0. The van der Waals surface area contributed by atoms with Gasteiger partial charge in [-0.1, -0.05) is 37.3 Å². The third-order valence-corrected chi connectivity index (χ3v) is 3.56. The SMILES string of the molecule is CCCNCC(Cc1cc(F)ccc1F)c1ccccc1. The molecule has 2 aromatic carbocycles. The first-order valence-corrected chi connectivity index (χ1v) is 7.40. The van der Waals surface area contributed by atoms with Crippen LogP contribution in [-0.2, 0) is 6.42 Å². The lowest BCUT2D eigenvalue weighted by molar-refractivity contribution is 0.544. The summed E-state index contributed by atoms with van der Waals surface area (Å²) in [7, 11) is 0. The van der Waals surface area contributed by atoms with Crippen molar-refractivity contribution in [2.24, 2.45) is 0 Å². The van der Waals surface area contributed by atoms with E-state index < -0.39 is 0 Å². The molecule has 2 aromatic rings. The maximum Gasteiger partial charge on any atom is 0.126 e. The van der Waals surface area contributed by atoms with Crippen LogP contribution in [0, 0.1) is 11.6 Å². The Bertz CT molecular complexity index is 554. The fourth-order valence-electron chi connectivity index (χ4n) is 2.45. The van der Waals surface area contributed by atoms with E-state index in [1.54, 1.807) is 0 Å². The monoisotopic (exact) mass is 289 g/mol. The maximum absolute atomic E-state index is 13.8. The van der Waals surface area contributed by atoms with E-state index in [1.807, 2.05) is 30.3 Å². The van der Waals surface area contributed by atoms with Crippen molar-refractivity contribution in [2.75, 3.05) is 13.1 Å². The summed E-state index contributed by atoms with van der Waals surface area (Å²) in [6.07, 6.45) is 1.54. The summed E-state index contributed by atoms with van der Waals surface area (Å²) in [5, 5.41) is 3.37. The van der Waals surface area contributed by atoms with E-state index in [1.165, 1.54) is 12.1 Å². The largest absolute Gasteiger partial charge is 0.316 e. The third-order valence-electron chi connectivity index (χ3n) is 3.56. The van der Waals surface area contributed by atoms with E-state index in [0.717, 1.165) is 31.1 Å². The van der Waals surface area contributed by atoms with Crippen molar-refractivity contribution in [3.05, 3.63) is 71.3 Å². The molecule has 1 atom stereocenters. The van der Waals surface area contributed by atoms with Crippen LogP contribution in [0.1, 0.15) is 30.4 Å². The molecule has 0 spiro atoms. The van der Waals surface area contributed by atoms with Crippen molar-refractivity contribution in [3.8, 4) is 0 Å². The Morgan fingerprint density at radius 3 is 2.52 bits per heavy atom. The first-order chi connectivity index (χ1) is 10.2. The Morgan fingerprint density at radius 1 is 1.05 bits per heavy atom. The molecule has 0 aliphatic rings. The summed E-state index contributed by atoms with van der Waals surface area (Å²) in [6.45, 7) is 3.79. The van der Waals surface area contributed by atoms with Crippen molar-refractivity contribution >= 4 is 0 Å². The van der Waals surface area contributed by atoms with E-state index in [2.05, 4.69) is 12.2 Å². The number of hydrogen-bond donors (Lipinski definition) is 1. The van der Waals surface area contributed by atoms with Crippen LogP contribution in [0.15, 0.2) is 48.5 Å². The molecule has 0 bridgehead atoms. The van der Waals surface area contributed by atoms with Crippen LogP contribution < -0.4 is 5.32 Å². The lowest BCUT2D eigenvalue weighted by Gasteiger charge is -2.18. The van der Waals surface area contributed by atoms with Crippen molar-refractivity contribution in [1.29, 1.82) is 0 Å². The molecule has 3 heteroatoms. The number of benzene rings is 2. The van der Waals surface area contributed by atoms with Gasteiger partial charge in [-0.3, -0.25) is 0 Å². The molecule has 112 valence electrons. The van der Waals surface area contributed by atoms with Gasteiger partial charge in [0.1, 0.15) is 11.6 Å². The molecule has 1 unspecified atom stereocenters. The molecule has 0 aliphatic carbocycles. The first-order valence-electron chi connectivity index (χ1n) is 7.40. The van der Waals surface area contributed by atoms with E-state index in [-0.39, 0.29) is 17.6 Å².